The van der Waals surface area contributed by atoms with Gasteiger partial charge in [0.05, 0.1) is 5.69 Å². The van der Waals surface area contributed by atoms with Crippen LogP contribution in [0.15, 0.2) is 16.7 Å². The second-order valence-electron chi connectivity index (χ2n) is 1.85. The van der Waals surface area contributed by atoms with Gasteiger partial charge in [-0.1, -0.05) is 15.9 Å². The number of rotatable bonds is 1. The smallest absolute Gasteiger partial charge is 0.108 e. The number of hydrogen-bond donors (Lipinski definition) is 1. The molecular formula is C6H6Br2N2. The first kappa shape index (κ1) is 8.01. The van der Waals surface area contributed by atoms with Crippen LogP contribution < -0.4 is 5.73 Å². The van der Waals surface area contributed by atoms with Crippen LogP contribution in [0.1, 0.15) is 5.69 Å². The molecule has 1 aromatic rings. The molecule has 0 saturated carbocycles. The molecule has 0 aliphatic carbocycles. The normalized spacial score (nSPS) is 9.80. The van der Waals surface area contributed by atoms with Gasteiger partial charge in [-0.05, 0) is 28.1 Å². The minimum absolute atomic E-state index is 0.733. The Kier molecular flexibility index (Phi) is 2.68. The summed E-state index contributed by atoms with van der Waals surface area (Å²) < 4.78 is 0.780. The van der Waals surface area contributed by atoms with Crippen LogP contribution in [0, 0.1) is 0 Å². The highest BCUT2D eigenvalue weighted by Crippen LogP contribution is 2.14. The molecule has 0 aliphatic rings. The summed E-state index contributed by atoms with van der Waals surface area (Å²) in [4.78, 5) is 4.14. The predicted octanol–water partition coefficient (Wildman–Crippen LogP) is 2.32. The molecule has 0 aliphatic heterocycles. The quantitative estimate of drug-likeness (QED) is 0.625. The van der Waals surface area contributed by atoms with Crippen LogP contribution in [-0.2, 0) is 5.33 Å². The zero-order valence-electron chi connectivity index (χ0n) is 5.14. The summed E-state index contributed by atoms with van der Waals surface area (Å²) in [5.74, 6) is 0. The minimum atomic E-state index is 0.733. The number of aromatic nitrogens is 1. The van der Waals surface area contributed by atoms with Crippen LogP contribution in [0.5, 0.6) is 0 Å². The van der Waals surface area contributed by atoms with Crippen molar-refractivity contribution in [2.75, 3.05) is 5.73 Å². The van der Waals surface area contributed by atoms with Crippen LogP contribution in [0.3, 0.4) is 0 Å². The Morgan fingerprint density at radius 3 is 2.70 bits per heavy atom. The molecule has 2 nitrogen and oxygen atoms in total. The van der Waals surface area contributed by atoms with Crippen molar-refractivity contribution in [3.63, 3.8) is 0 Å². The SMILES string of the molecule is Nc1cc(Br)nc(CBr)c1. The molecular weight excluding hydrogens is 260 g/mol. The van der Waals surface area contributed by atoms with Crippen LogP contribution in [-0.4, -0.2) is 4.98 Å². The molecule has 0 aromatic carbocycles. The van der Waals surface area contributed by atoms with Crippen molar-refractivity contribution in [2.45, 2.75) is 5.33 Å². The van der Waals surface area contributed by atoms with Gasteiger partial charge in [0.15, 0.2) is 0 Å². The summed E-state index contributed by atoms with van der Waals surface area (Å²) in [6.07, 6.45) is 0. The number of anilines is 1. The maximum Gasteiger partial charge on any atom is 0.108 e. The van der Waals surface area contributed by atoms with Gasteiger partial charge in [0, 0.05) is 11.0 Å². The van der Waals surface area contributed by atoms with E-state index >= 15 is 0 Å². The van der Waals surface area contributed by atoms with Gasteiger partial charge < -0.3 is 5.73 Å². The number of nitrogens with zero attached hydrogens (tertiary/aromatic N) is 1. The van der Waals surface area contributed by atoms with Gasteiger partial charge in [0.2, 0.25) is 0 Å². The second kappa shape index (κ2) is 3.34. The summed E-state index contributed by atoms with van der Waals surface area (Å²) in [5.41, 5.74) is 7.21. The van der Waals surface area contributed by atoms with Gasteiger partial charge in [-0.3, -0.25) is 0 Å². The van der Waals surface area contributed by atoms with Gasteiger partial charge in [-0.15, -0.1) is 0 Å². The number of nitrogens with two attached hydrogens (primary N) is 1. The zero-order chi connectivity index (χ0) is 7.56. The van der Waals surface area contributed by atoms with E-state index in [1.165, 1.54) is 0 Å². The molecule has 0 amide bonds. The molecule has 54 valence electrons. The average Bonchev–Trinajstić information content (AvgIpc) is 1.85. The third-order valence-electron chi connectivity index (χ3n) is 1.01. The zero-order valence-corrected chi connectivity index (χ0v) is 8.31. The molecule has 4 heteroatoms. The third kappa shape index (κ3) is 1.95. The molecule has 0 saturated heterocycles. The Hall–Kier alpha value is -0.0900. The van der Waals surface area contributed by atoms with Gasteiger partial charge >= 0.3 is 0 Å². The Bertz CT molecular complexity index is 217. The van der Waals surface area contributed by atoms with E-state index in [2.05, 4.69) is 36.8 Å². The van der Waals surface area contributed by atoms with Gasteiger partial charge in [0.1, 0.15) is 4.60 Å². The predicted molar refractivity (Wildman–Crippen MR) is 49.0 cm³/mol. The monoisotopic (exact) mass is 264 g/mol. The molecule has 0 radical (unpaired) electrons. The molecule has 1 rings (SSSR count). The van der Waals surface area contributed by atoms with Crippen molar-refractivity contribution >= 4 is 37.5 Å². The van der Waals surface area contributed by atoms with Crippen molar-refractivity contribution in [1.82, 2.24) is 4.98 Å². The first-order valence-electron chi connectivity index (χ1n) is 2.70. The highest BCUT2D eigenvalue weighted by Gasteiger charge is 1.95. The lowest BCUT2D eigenvalue weighted by molar-refractivity contribution is 1.16. The molecule has 0 unspecified atom stereocenters. The Balaban J connectivity index is 3.06. The molecule has 2 N–H and O–H groups in total. The van der Waals surface area contributed by atoms with Gasteiger partial charge in [-0.25, -0.2) is 4.98 Å². The topological polar surface area (TPSA) is 38.9 Å². The van der Waals surface area contributed by atoms with Crippen LogP contribution >= 0.6 is 31.9 Å². The van der Waals surface area contributed by atoms with E-state index in [1.807, 2.05) is 6.07 Å². The van der Waals surface area contributed by atoms with Crippen molar-refractivity contribution in [2.24, 2.45) is 0 Å². The lowest BCUT2D eigenvalue weighted by Crippen LogP contribution is -1.90. The van der Waals surface area contributed by atoms with Crippen LogP contribution in [0.4, 0.5) is 5.69 Å². The fourth-order valence-electron chi connectivity index (χ4n) is 0.642. The van der Waals surface area contributed by atoms with Crippen molar-refractivity contribution in [3.8, 4) is 0 Å². The number of alkyl halides is 1. The van der Waals surface area contributed by atoms with Gasteiger partial charge in [-0.2, -0.15) is 0 Å². The summed E-state index contributed by atoms with van der Waals surface area (Å²) >= 11 is 6.53. The molecule has 0 atom stereocenters. The number of pyridine rings is 1. The lowest BCUT2D eigenvalue weighted by atomic mass is 10.3. The van der Waals surface area contributed by atoms with Crippen molar-refractivity contribution < 1.29 is 0 Å². The highest BCUT2D eigenvalue weighted by atomic mass is 79.9. The molecule has 0 spiro atoms. The first-order chi connectivity index (χ1) is 4.72. The maximum atomic E-state index is 5.54. The average molecular weight is 266 g/mol. The third-order valence-corrected chi connectivity index (χ3v) is 1.99. The molecule has 1 heterocycles. The van der Waals surface area contributed by atoms with E-state index in [0.717, 1.165) is 21.3 Å². The number of halogens is 2. The fourth-order valence-corrected chi connectivity index (χ4v) is 1.42. The second-order valence-corrected chi connectivity index (χ2v) is 3.22. The highest BCUT2D eigenvalue weighted by molar-refractivity contribution is 9.10. The van der Waals surface area contributed by atoms with E-state index in [4.69, 9.17) is 5.73 Å². The lowest BCUT2D eigenvalue weighted by Gasteiger charge is -1.97. The standard InChI is InChI=1S/C6H6Br2N2/c7-3-5-1-4(9)2-6(8)10-5/h1-2H,3H2,(H2,9,10). The molecule has 0 bridgehead atoms. The van der Waals surface area contributed by atoms with Crippen molar-refractivity contribution in [3.05, 3.63) is 22.4 Å². The summed E-state index contributed by atoms with van der Waals surface area (Å²) in [6, 6.07) is 3.60. The Morgan fingerprint density at radius 1 is 1.50 bits per heavy atom. The number of nitrogen functional groups attached to an aromatic ring is 1. The van der Waals surface area contributed by atoms with E-state index < -0.39 is 0 Å². The van der Waals surface area contributed by atoms with E-state index in [9.17, 15) is 0 Å². The van der Waals surface area contributed by atoms with Gasteiger partial charge in [0.25, 0.3) is 0 Å². The molecule has 1 aromatic heterocycles. The Morgan fingerprint density at radius 2 is 2.20 bits per heavy atom. The maximum absolute atomic E-state index is 5.54. The van der Waals surface area contributed by atoms with Crippen molar-refractivity contribution in [1.29, 1.82) is 0 Å². The van der Waals surface area contributed by atoms with Crippen LogP contribution in [0.2, 0.25) is 0 Å². The number of hydrogen-bond acceptors (Lipinski definition) is 2. The summed E-state index contributed by atoms with van der Waals surface area (Å²) in [7, 11) is 0. The summed E-state index contributed by atoms with van der Waals surface area (Å²) in [6.45, 7) is 0. The largest absolute Gasteiger partial charge is 0.399 e. The Labute approximate surface area is 76.1 Å². The van der Waals surface area contributed by atoms with E-state index in [1.54, 1.807) is 6.07 Å². The van der Waals surface area contributed by atoms with Crippen LogP contribution in [0.25, 0.3) is 0 Å². The first-order valence-corrected chi connectivity index (χ1v) is 4.61. The molecule has 10 heavy (non-hydrogen) atoms. The summed E-state index contributed by atoms with van der Waals surface area (Å²) in [5, 5.41) is 0.733. The minimum Gasteiger partial charge on any atom is -0.399 e. The fraction of sp³-hybridized carbons (Fsp3) is 0.167. The molecule has 0 fully saturated rings. The van der Waals surface area contributed by atoms with E-state index in [0.29, 0.717) is 0 Å². The van der Waals surface area contributed by atoms with E-state index in [-0.39, 0.29) is 0 Å².